The predicted octanol–water partition coefficient (Wildman–Crippen LogP) is 7.58. The second-order valence-electron chi connectivity index (χ2n) is 10.2. The Morgan fingerprint density at radius 2 is 1.59 bits per heavy atom. The number of methoxy groups -OCH3 is 1. The van der Waals surface area contributed by atoms with Crippen molar-refractivity contribution in [3.05, 3.63) is 66.4 Å². The van der Waals surface area contributed by atoms with Crippen molar-refractivity contribution in [2.75, 3.05) is 12.9 Å². The molecule has 0 atom stereocenters. The zero-order valence-electron chi connectivity index (χ0n) is 27.2. The van der Waals surface area contributed by atoms with Gasteiger partial charge in [-0.3, -0.25) is 9.35 Å². The number of benzene rings is 4. The topological polar surface area (TPSA) is 295 Å². The first-order valence-corrected chi connectivity index (χ1v) is 18.2. The number of aromatic nitrogens is 2. The fourth-order valence-electron chi connectivity index (χ4n) is 4.43. The third-order valence-electron chi connectivity index (χ3n) is 6.84. The van der Waals surface area contributed by atoms with Crippen LogP contribution in [-0.2, 0) is 37.8 Å². The Balaban J connectivity index is 1.43. The van der Waals surface area contributed by atoms with Gasteiger partial charge in [0.1, 0.15) is 40.7 Å². The molecule has 1 aromatic heterocycles. The van der Waals surface area contributed by atoms with Gasteiger partial charge in [-0.25, -0.2) is 10.5 Å². The molecule has 0 spiro atoms. The summed E-state index contributed by atoms with van der Waals surface area (Å²) in [5.74, 6) is -2.26. The lowest BCUT2D eigenvalue weighted by Crippen LogP contribution is -2.02. The van der Waals surface area contributed by atoms with E-state index < -0.39 is 33.5 Å². The summed E-state index contributed by atoms with van der Waals surface area (Å²) in [5.41, 5.74) is 0.413. The molecule has 6 N–H and O–H groups in total. The monoisotopic (exact) mass is 824 g/mol. The van der Waals surface area contributed by atoms with E-state index in [0.717, 1.165) is 16.8 Å². The molecule has 0 amide bonds. The normalized spacial score (nSPS) is 11.9. The van der Waals surface area contributed by atoms with E-state index >= 15 is 0 Å². The first kappa shape index (κ1) is 40.1. The van der Waals surface area contributed by atoms with Crippen molar-refractivity contribution in [3.8, 4) is 28.8 Å². The van der Waals surface area contributed by atoms with Crippen molar-refractivity contribution in [2.45, 2.75) is 21.6 Å². The average Bonchev–Trinajstić information content (AvgIpc) is 3.44. The number of nitrogens with zero attached hydrogens (tertiary/aromatic N) is 6. The quantitative estimate of drug-likeness (QED) is 0.0139. The van der Waals surface area contributed by atoms with Gasteiger partial charge in [0.15, 0.2) is 11.4 Å². The van der Waals surface area contributed by atoms with Crippen molar-refractivity contribution >= 4 is 85.7 Å². The standard InChI is InChI=1S/C29H24N6O15S4/c1-14-26(29(39)35(34-14)17-5-7-18(8-6-17)54(42,43)44)32-30-16-4-3-15-9-24(53-50-48-41)27(28(38)19(15)10-16)33-31-20-11-22(45-2)23(12-21(20)36)52-46-25(37)13-51-49-47-40/h3-12,36,38-41H,13H2,1-2H3,(H,42,43,44). The van der Waals surface area contributed by atoms with Crippen molar-refractivity contribution in [1.29, 1.82) is 0 Å². The van der Waals surface area contributed by atoms with Gasteiger partial charge in [-0.2, -0.15) is 23.3 Å². The molecule has 0 aliphatic heterocycles. The number of phenols is 2. The molecule has 0 fully saturated rings. The molecule has 0 unspecified atom stereocenters. The van der Waals surface area contributed by atoms with Gasteiger partial charge in [0.2, 0.25) is 5.88 Å². The van der Waals surface area contributed by atoms with E-state index in [4.69, 9.17) is 19.4 Å². The Hall–Kier alpha value is -5.06. The van der Waals surface area contributed by atoms with Crippen LogP contribution in [0, 0.1) is 6.92 Å². The Morgan fingerprint density at radius 3 is 2.28 bits per heavy atom. The van der Waals surface area contributed by atoms with E-state index in [9.17, 15) is 33.1 Å². The minimum absolute atomic E-state index is 0.0138. The van der Waals surface area contributed by atoms with Gasteiger partial charge in [-0.15, -0.1) is 24.0 Å². The van der Waals surface area contributed by atoms with E-state index in [1.54, 1.807) is 19.1 Å². The molecular formula is C29H24N6O15S4. The number of hydrogen-bond donors (Lipinski definition) is 6. The van der Waals surface area contributed by atoms with Gasteiger partial charge in [0.05, 0.1) is 50.9 Å². The third-order valence-corrected chi connectivity index (χ3v) is 9.60. The Morgan fingerprint density at radius 1 is 0.870 bits per heavy atom. The second-order valence-corrected chi connectivity index (χ2v) is 13.8. The van der Waals surface area contributed by atoms with Crippen LogP contribution in [0.2, 0.25) is 0 Å². The zero-order valence-corrected chi connectivity index (χ0v) is 30.4. The number of fused-ring (bicyclic) bond motifs is 1. The number of carbonyl (C=O) groups is 1. The fraction of sp³-hybridized carbons (Fsp3) is 0.103. The first-order chi connectivity index (χ1) is 25.8. The number of aryl methyl sites for hydroxylation is 1. The summed E-state index contributed by atoms with van der Waals surface area (Å²) in [6, 6.07) is 13.5. The predicted molar refractivity (Wildman–Crippen MR) is 188 cm³/mol. The molecule has 25 heteroatoms. The zero-order chi connectivity index (χ0) is 39.0. The fourth-order valence-corrected chi connectivity index (χ4v) is 6.35. The maximum atomic E-state index is 11.8. The lowest BCUT2D eigenvalue weighted by molar-refractivity contribution is -0.432. The smallest absolute Gasteiger partial charge is 0.330 e. The molecular weight excluding hydrogens is 801 g/mol. The van der Waals surface area contributed by atoms with Crippen LogP contribution in [0.4, 0.5) is 22.7 Å². The van der Waals surface area contributed by atoms with Crippen LogP contribution in [-0.4, -0.2) is 67.4 Å². The summed E-state index contributed by atoms with van der Waals surface area (Å²) in [6.45, 7) is 1.56. The first-order valence-electron chi connectivity index (χ1n) is 14.4. The molecule has 0 aliphatic rings. The van der Waals surface area contributed by atoms with E-state index in [1.165, 1.54) is 43.5 Å². The van der Waals surface area contributed by atoms with Crippen LogP contribution in [0.3, 0.4) is 0 Å². The summed E-state index contributed by atoms with van der Waals surface area (Å²) in [6.07, 6.45) is 0. The highest BCUT2D eigenvalue weighted by Gasteiger charge is 2.20. The van der Waals surface area contributed by atoms with Crippen LogP contribution in [0.1, 0.15) is 5.69 Å². The number of phenolic OH excluding ortho intramolecular Hbond substituents is 2. The minimum Gasteiger partial charge on any atom is -0.506 e. The molecule has 21 nitrogen and oxygen atoms in total. The van der Waals surface area contributed by atoms with E-state index in [2.05, 4.69) is 44.3 Å². The molecule has 0 radical (unpaired) electrons. The summed E-state index contributed by atoms with van der Waals surface area (Å²) < 4.78 is 52.1. The van der Waals surface area contributed by atoms with Gasteiger partial charge in [-0.05, 0) is 54.8 Å². The molecule has 5 rings (SSSR count). The van der Waals surface area contributed by atoms with Crippen molar-refractivity contribution < 1.29 is 71.3 Å². The number of rotatable bonds is 16. The maximum absolute atomic E-state index is 11.8. The summed E-state index contributed by atoms with van der Waals surface area (Å²) in [4.78, 5) is 11.8. The van der Waals surface area contributed by atoms with Crippen molar-refractivity contribution in [2.24, 2.45) is 20.5 Å². The molecule has 284 valence electrons. The summed E-state index contributed by atoms with van der Waals surface area (Å²) in [5, 5.41) is 78.1. The van der Waals surface area contributed by atoms with Crippen molar-refractivity contribution in [1.82, 2.24) is 9.78 Å². The van der Waals surface area contributed by atoms with Crippen LogP contribution in [0.15, 0.2) is 95.8 Å². The highest BCUT2D eigenvalue weighted by atomic mass is 32.2. The SMILES string of the molecule is COc1cc(N=Nc2c(SOOO)cc3ccc(N=Nc4c(C)nn(-c5ccc(S(=O)(=O)O)cc5)c4O)cc3c2O)c(O)cc1SOC(=O)CSOOO. The highest BCUT2D eigenvalue weighted by molar-refractivity contribution is 7.96. The van der Waals surface area contributed by atoms with Crippen LogP contribution < -0.4 is 4.74 Å². The number of azo groups is 2. The summed E-state index contributed by atoms with van der Waals surface area (Å²) >= 11 is 1.51. The molecule has 0 aliphatic carbocycles. The largest absolute Gasteiger partial charge is 0.506 e. The summed E-state index contributed by atoms with van der Waals surface area (Å²) in [7, 11) is -3.11. The van der Waals surface area contributed by atoms with Crippen LogP contribution in [0.25, 0.3) is 16.5 Å². The molecule has 0 bridgehead atoms. The molecule has 1 heterocycles. The van der Waals surface area contributed by atoms with E-state index in [0.29, 0.717) is 41.5 Å². The van der Waals surface area contributed by atoms with Gasteiger partial charge in [0.25, 0.3) is 10.1 Å². The van der Waals surface area contributed by atoms with Gasteiger partial charge >= 0.3 is 5.97 Å². The van der Waals surface area contributed by atoms with Crippen molar-refractivity contribution in [3.63, 3.8) is 0 Å². The molecule has 5 aromatic rings. The van der Waals surface area contributed by atoms with Gasteiger partial charge < -0.3 is 24.2 Å². The number of ether oxygens (including phenoxy) is 1. The number of carbonyl (C=O) groups excluding carboxylic acids is 1. The lowest BCUT2D eigenvalue weighted by atomic mass is 10.1. The highest BCUT2D eigenvalue weighted by Crippen LogP contribution is 2.46. The average molecular weight is 825 g/mol. The second kappa shape index (κ2) is 17.8. The number of aromatic hydroxyl groups is 3. The Labute approximate surface area is 315 Å². The van der Waals surface area contributed by atoms with E-state index in [1.807, 2.05) is 0 Å². The minimum atomic E-state index is -4.43. The van der Waals surface area contributed by atoms with Gasteiger partial charge in [0, 0.05) is 29.6 Å². The third kappa shape index (κ3) is 9.53. The lowest BCUT2D eigenvalue weighted by Gasteiger charge is -2.11. The molecule has 0 saturated heterocycles. The Bertz CT molecular complexity index is 2340. The van der Waals surface area contributed by atoms with Crippen LogP contribution >= 0.6 is 36.1 Å². The molecule has 0 saturated carbocycles. The van der Waals surface area contributed by atoms with E-state index in [-0.39, 0.29) is 65.7 Å². The number of hydrogen-bond acceptors (Lipinski definition) is 22. The van der Waals surface area contributed by atoms with Gasteiger partial charge in [-0.1, -0.05) is 16.1 Å². The van der Waals surface area contributed by atoms with Crippen LogP contribution in [0.5, 0.6) is 23.1 Å². The maximum Gasteiger partial charge on any atom is 0.330 e. The molecule has 54 heavy (non-hydrogen) atoms. The Kier molecular flexibility index (Phi) is 13.3. The molecule has 4 aromatic carbocycles.